The van der Waals surface area contributed by atoms with E-state index in [4.69, 9.17) is 33.0 Å². The minimum absolute atomic E-state index is 0.452. The van der Waals surface area contributed by atoms with E-state index in [1.54, 1.807) is 24.9 Å². The fourth-order valence-corrected chi connectivity index (χ4v) is 5.27. The highest BCUT2D eigenvalue weighted by molar-refractivity contribution is 7.99. The Labute approximate surface area is 197 Å². The van der Waals surface area contributed by atoms with Gasteiger partial charge in [0.25, 0.3) is 0 Å². The summed E-state index contributed by atoms with van der Waals surface area (Å²) >= 11 is 14.2. The number of hydrogen-bond donors (Lipinski definition) is 0. The highest BCUT2D eigenvalue weighted by Gasteiger charge is 2.20. The minimum Gasteiger partial charge on any atom is -0.378 e. The van der Waals surface area contributed by atoms with Crippen molar-refractivity contribution >= 4 is 35.0 Å². The highest BCUT2D eigenvalue weighted by atomic mass is 35.5. The topological polar surface area (TPSA) is 27.1 Å². The van der Waals surface area contributed by atoms with Gasteiger partial charge in [-0.2, -0.15) is 5.10 Å². The van der Waals surface area contributed by atoms with E-state index in [0.717, 1.165) is 34.1 Å². The highest BCUT2D eigenvalue weighted by Crippen LogP contribution is 2.37. The van der Waals surface area contributed by atoms with Crippen LogP contribution < -0.4 is 0 Å². The Bertz CT molecular complexity index is 1130. The van der Waals surface area contributed by atoms with Crippen LogP contribution in [-0.2, 0) is 24.2 Å². The molecule has 0 bridgehead atoms. The number of nitrogens with zero attached hydrogens (tertiary/aromatic N) is 2. The molecular weight excluding hydrogens is 447 g/mol. The number of methoxy groups -OCH3 is 1. The maximum Gasteiger partial charge on any atom is 0.108 e. The summed E-state index contributed by atoms with van der Waals surface area (Å²) in [5.74, 6) is 0. The Morgan fingerprint density at radius 2 is 1.52 bits per heavy atom. The Morgan fingerprint density at radius 3 is 2.16 bits per heavy atom. The van der Waals surface area contributed by atoms with Crippen LogP contribution in [0.3, 0.4) is 0 Å². The zero-order valence-corrected chi connectivity index (χ0v) is 19.4. The molecule has 0 atom stereocenters. The van der Waals surface area contributed by atoms with Crippen molar-refractivity contribution in [3.63, 3.8) is 0 Å². The lowest BCUT2D eigenvalue weighted by atomic mass is 10.1. The first-order chi connectivity index (χ1) is 15.1. The Balaban J connectivity index is 1.79. The number of ether oxygens (including phenoxy) is 1. The van der Waals surface area contributed by atoms with Crippen LogP contribution in [0.4, 0.5) is 0 Å². The second-order valence-electron chi connectivity index (χ2n) is 7.10. The average molecular weight is 469 g/mol. The number of aromatic nitrogens is 2. The third-order valence-electron chi connectivity index (χ3n) is 4.86. The molecule has 0 saturated carbocycles. The summed E-state index contributed by atoms with van der Waals surface area (Å²) in [6.07, 6.45) is 1.77. The zero-order valence-electron chi connectivity index (χ0n) is 17.1. The maximum absolute atomic E-state index is 6.27. The predicted molar refractivity (Wildman–Crippen MR) is 129 cm³/mol. The molecule has 4 aromatic rings. The fourth-order valence-electron chi connectivity index (χ4n) is 3.44. The van der Waals surface area contributed by atoms with Gasteiger partial charge in [-0.25, -0.2) is 4.68 Å². The van der Waals surface area contributed by atoms with Crippen LogP contribution in [0.1, 0.15) is 16.8 Å². The van der Waals surface area contributed by atoms with E-state index in [1.165, 1.54) is 11.1 Å². The van der Waals surface area contributed by atoms with Gasteiger partial charge in [0.15, 0.2) is 0 Å². The lowest BCUT2D eigenvalue weighted by molar-refractivity contribution is 0.180. The van der Waals surface area contributed by atoms with Gasteiger partial charge < -0.3 is 4.74 Å². The molecule has 3 nitrogen and oxygen atoms in total. The third-order valence-corrected chi connectivity index (χ3v) is 6.38. The van der Waals surface area contributed by atoms with Crippen molar-refractivity contribution in [2.45, 2.75) is 29.4 Å². The van der Waals surface area contributed by atoms with Crippen molar-refractivity contribution in [3.8, 4) is 5.69 Å². The van der Waals surface area contributed by atoms with Gasteiger partial charge in [-0.3, -0.25) is 0 Å². The van der Waals surface area contributed by atoms with E-state index >= 15 is 0 Å². The number of benzene rings is 3. The second kappa shape index (κ2) is 10.4. The molecule has 6 heteroatoms. The van der Waals surface area contributed by atoms with Crippen LogP contribution >= 0.6 is 35.0 Å². The van der Waals surface area contributed by atoms with Gasteiger partial charge in [0, 0.05) is 27.6 Å². The fraction of sp³-hybridized carbons (Fsp3) is 0.160. The van der Waals surface area contributed by atoms with E-state index < -0.39 is 0 Å². The van der Waals surface area contributed by atoms with Crippen molar-refractivity contribution in [1.82, 2.24) is 9.78 Å². The molecule has 4 rings (SSSR count). The van der Waals surface area contributed by atoms with Crippen LogP contribution in [0.15, 0.2) is 88.8 Å². The van der Waals surface area contributed by atoms with Crippen molar-refractivity contribution in [2.75, 3.05) is 7.11 Å². The Hall–Kier alpha value is -2.24. The molecule has 0 unspecified atom stereocenters. The molecule has 0 radical (unpaired) electrons. The zero-order chi connectivity index (χ0) is 21.6. The monoisotopic (exact) mass is 468 g/mol. The molecule has 0 N–H and O–H groups in total. The number of rotatable bonds is 8. The van der Waals surface area contributed by atoms with Crippen molar-refractivity contribution in [3.05, 3.63) is 106 Å². The first kappa shape index (κ1) is 22.0. The lowest BCUT2D eigenvalue weighted by Gasteiger charge is -2.11. The molecule has 0 aliphatic heterocycles. The van der Waals surface area contributed by atoms with E-state index in [0.29, 0.717) is 16.7 Å². The summed E-state index contributed by atoms with van der Waals surface area (Å²) in [7, 11) is 1.70. The van der Waals surface area contributed by atoms with Crippen LogP contribution in [0.2, 0.25) is 10.0 Å². The number of para-hydroxylation sites is 1. The predicted octanol–water partition coefficient (Wildman–Crippen LogP) is 7.26. The standard InChI is InChI=1S/C25H22Cl2N2OS/c1-30-17-24-23(13-12-18-8-4-2-5-9-18)25(29(28-24)21-10-6-3-7-11-21)31-22-15-19(26)14-20(27)16-22/h2-11,14-16H,12-13,17H2,1H3. The van der Waals surface area contributed by atoms with Gasteiger partial charge in [0.1, 0.15) is 5.03 Å². The first-order valence-electron chi connectivity index (χ1n) is 9.97. The molecule has 0 aliphatic rings. The van der Waals surface area contributed by atoms with Gasteiger partial charge in [-0.05, 0) is 48.7 Å². The summed E-state index contributed by atoms with van der Waals surface area (Å²) < 4.78 is 7.48. The number of halogens is 2. The van der Waals surface area contributed by atoms with Crippen LogP contribution in [0.25, 0.3) is 5.69 Å². The van der Waals surface area contributed by atoms with Crippen molar-refractivity contribution in [1.29, 1.82) is 0 Å². The quantitative estimate of drug-likeness (QED) is 0.272. The third kappa shape index (κ3) is 5.52. The van der Waals surface area contributed by atoms with E-state index in [2.05, 4.69) is 36.4 Å². The van der Waals surface area contributed by atoms with E-state index in [9.17, 15) is 0 Å². The summed E-state index contributed by atoms with van der Waals surface area (Å²) in [5.41, 5.74) is 4.41. The number of aryl methyl sites for hydroxylation is 1. The Morgan fingerprint density at radius 1 is 0.871 bits per heavy atom. The summed E-state index contributed by atoms with van der Waals surface area (Å²) in [5, 5.41) is 7.21. The first-order valence-corrected chi connectivity index (χ1v) is 11.5. The van der Waals surface area contributed by atoms with Gasteiger partial charge in [0.05, 0.1) is 18.0 Å². The molecule has 1 heterocycles. The number of hydrogen-bond acceptors (Lipinski definition) is 3. The summed E-state index contributed by atoms with van der Waals surface area (Å²) in [6.45, 7) is 0.452. The van der Waals surface area contributed by atoms with Crippen LogP contribution in [0, 0.1) is 0 Å². The van der Waals surface area contributed by atoms with Gasteiger partial charge in [-0.15, -0.1) is 0 Å². The molecule has 3 aromatic carbocycles. The molecule has 0 amide bonds. The second-order valence-corrected chi connectivity index (χ2v) is 9.04. The van der Waals surface area contributed by atoms with Crippen molar-refractivity contribution < 1.29 is 4.74 Å². The molecule has 0 aliphatic carbocycles. The largest absolute Gasteiger partial charge is 0.378 e. The van der Waals surface area contributed by atoms with E-state index in [1.807, 2.05) is 41.1 Å². The molecular formula is C25H22Cl2N2OS. The van der Waals surface area contributed by atoms with E-state index in [-0.39, 0.29) is 0 Å². The Kier molecular flexibility index (Phi) is 7.36. The van der Waals surface area contributed by atoms with Crippen LogP contribution in [0.5, 0.6) is 0 Å². The molecule has 0 spiro atoms. The SMILES string of the molecule is COCc1nn(-c2ccccc2)c(Sc2cc(Cl)cc(Cl)c2)c1CCc1ccccc1. The van der Waals surface area contributed by atoms with Crippen molar-refractivity contribution in [2.24, 2.45) is 0 Å². The summed E-state index contributed by atoms with van der Waals surface area (Å²) in [6, 6.07) is 26.2. The molecule has 158 valence electrons. The minimum atomic E-state index is 0.452. The molecule has 0 fully saturated rings. The smallest absolute Gasteiger partial charge is 0.108 e. The average Bonchev–Trinajstić information content (AvgIpc) is 3.10. The maximum atomic E-state index is 6.27. The van der Waals surface area contributed by atoms with Gasteiger partial charge in [0.2, 0.25) is 0 Å². The lowest BCUT2D eigenvalue weighted by Crippen LogP contribution is -1.99. The van der Waals surface area contributed by atoms with Gasteiger partial charge in [-0.1, -0.05) is 83.5 Å². The normalized spacial score (nSPS) is 11.1. The van der Waals surface area contributed by atoms with Crippen LogP contribution in [-0.4, -0.2) is 16.9 Å². The molecule has 31 heavy (non-hydrogen) atoms. The molecule has 0 saturated heterocycles. The molecule has 1 aromatic heterocycles. The summed E-state index contributed by atoms with van der Waals surface area (Å²) in [4.78, 5) is 0.972. The van der Waals surface area contributed by atoms with Gasteiger partial charge >= 0.3 is 0 Å².